The van der Waals surface area contributed by atoms with Crippen LogP contribution >= 0.6 is 0 Å². The molecule has 0 spiro atoms. The minimum Gasteiger partial charge on any atom is -0.341 e. The average Bonchev–Trinajstić information content (AvgIpc) is 2.70. The molecule has 0 heterocycles. The Morgan fingerprint density at radius 2 is 1.89 bits per heavy atom. The maximum absolute atomic E-state index is 2.49. The summed E-state index contributed by atoms with van der Waals surface area (Å²) in [7, 11) is 0. The summed E-state index contributed by atoms with van der Waals surface area (Å²) in [5, 5.41) is 0. The van der Waals surface area contributed by atoms with Crippen LogP contribution in [-0.2, 0) is 6.42 Å². The van der Waals surface area contributed by atoms with E-state index < -0.39 is 0 Å². The lowest BCUT2D eigenvalue weighted by Gasteiger charge is -2.31. The molecular formula is C27H33N. The van der Waals surface area contributed by atoms with Crippen LogP contribution in [0.15, 0.2) is 72.0 Å². The fraction of sp³-hybridized carbons (Fsp3) is 0.333. The first-order chi connectivity index (χ1) is 13.6. The maximum atomic E-state index is 2.49. The number of nitrogens with zero attached hydrogens (tertiary/aromatic N) is 1. The lowest BCUT2D eigenvalue weighted by atomic mass is 9.94. The molecule has 0 N–H and O–H groups in total. The topological polar surface area (TPSA) is 3.24 Å². The van der Waals surface area contributed by atoms with E-state index in [1.807, 2.05) is 0 Å². The highest BCUT2D eigenvalue weighted by Gasteiger charge is 2.17. The highest BCUT2D eigenvalue weighted by Crippen LogP contribution is 2.31. The second-order valence-electron chi connectivity index (χ2n) is 7.87. The van der Waals surface area contributed by atoms with Gasteiger partial charge in [-0.1, -0.05) is 79.1 Å². The Labute approximate surface area is 171 Å². The molecule has 1 nitrogen and oxygen atoms in total. The van der Waals surface area contributed by atoms with E-state index in [1.165, 1.54) is 45.6 Å². The molecule has 3 rings (SSSR count). The second-order valence-corrected chi connectivity index (χ2v) is 7.87. The number of hydrogen-bond acceptors (Lipinski definition) is 1. The van der Waals surface area contributed by atoms with Crippen LogP contribution in [0.4, 0.5) is 5.69 Å². The molecule has 1 heteroatoms. The monoisotopic (exact) mass is 371 g/mol. The largest absolute Gasteiger partial charge is 0.341 e. The van der Waals surface area contributed by atoms with Crippen molar-refractivity contribution in [2.45, 2.75) is 53.4 Å². The number of unbranched alkanes of at least 4 members (excludes halogenated alkanes) is 1. The van der Waals surface area contributed by atoms with Crippen LogP contribution in [0.2, 0.25) is 0 Å². The number of benzene rings is 2. The molecule has 1 aliphatic rings. The molecule has 0 radical (unpaired) electrons. The van der Waals surface area contributed by atoms with Crippen LogP contribution < -0.4 is 4.90 Å². The summed E-state index contributed by atoms with van der Waals surface area (Å²) in [6, 6.07) is 15.6. The van der Waals surface area contributed by atoms with E-state index in [-0.39, 0.29) is 0 Å². The van der Waals surface area contributed by atoms with Gasteiger partial charge in [0.1, 0.15) is 0 Å². The predicted molar refractivity (Wildman–Crippen MR) is 124 cm³/mol. The smallest absolute Gasteiger partial charge is 0.0441 e. The highest BCUT2D eigenvalue weighted by atomic mass is 15.1. The number of aryl methyl sites for hydroxylation is 3. The number of hydrogen-bond donors (Lipinski definition) is 0. The van der Waals surface area contributed by atoms with Gasteiger partial charge in [0.25, 0.3) is 0 Å². The lowest BCUT2D eigenvalue weighted by molar-refractivity contribution is 0.852. The SMILES string of the molecule is CCCC=C(C)C=CCN(C1=Cc2ccccc2CC1)c1ccc(C)cc1C. The van der Waals surface area contributed by atoms with E-state index in [0.29, 0.717) is 0 Å². The van der Waals surface area contributed by atoms with E-state index in [2.05, 4.69) is 99.4 Å². The van der Waals surface area contributed by atoms with Crippen LogP contribution in [0.1, 0.15) is 55.4 Å². The van der Waals surface area contributed by atoms with Crippen molar-refractivity contribution in [3.8, 4) is 0 Å². The third kappa shape index (κ3) is 5.04. The summed E-state index contributed by atoms with van der Waals surface area (Å²) in [5.74, 6) is 0. The Bertz CT molecular complexity index is 898. The van der Waals surface area contributed by atoms with Gasteiger partial charge in [-0.05, 0) is 68.9 Å². The predicted octanol–water partition coefficient (Wildman–Crippen LogP) is 7.40. The molecule has 2 aromatic carbocycles. The van der Waals surface area contributed by atoms with Gasteiger partial charge in [0, 0.05) is 17.9 Å². The van der Waals surface area contributed by atoms with Crippen LogP contribution in [0, 0.1) is 13.8 Å². The zero-order chi connectivity index (χ0) is 19.9. The Hall–Kier alpha value is -2.54. The van der Waals surface area contributed by atoms with Gasteiger partial charge in [0.15, 0.2) is 0 Å². The second kappa shape index (κ2) is 9.59. The Balaban J connectivity index is 1.91. The quantitative estimate of drug-likeness (QED) is 0.458. The fourth-order valence-corrected chi connectivity index (χ4v) is 3.89. The van der Waals surface area contributed by atoms with Gasteiger partial charge in [-0.2, -0.15) is 0 Å². The molecular weight excluding hydrogens is 338 g/mol. The molecule has 0 amide bonds. The normalized spacial score (nSPS) is 14.1. The van der Waals surface area contributed by atoms with Gasteiger partial charge < -0.3 is 4.90 Å². The fourth-order valence-electron chi connectivity index (χ4n) is 3.89. The molecule has 0 atom stereocenters. The first kappa shape index (κ1) is 20.2. The number of anilines is 1. The van der Waals surface area contributed by atoms with Gasteiger partial charge in [0.05, 0.1) is 0 Å². The van der Waals surface area contributed by atoms with E-state index >= 15 is 0 Å². The third-order valence-electron chi connectivity index (χ3n) is 5.44. The Morgan fingerprint density at radius 3 is 2.68 bits per heavy atom. The first-order valence-electron chi connectivity index (χ1n) is 10.5. The van der Waals surface area contributed by atoms with Crippen LogP contribution in [0.5, 0.6) is 0 Å². The maximum Gasteiger partial charge on any atom is 0.0441 e. The molecule has 146 valence electrons. The van der Waals surface area contributed by atoms with Crippen molar-refractivity contribution >= 4 is 11.8 Å². The van der Waals surface area contributed by atoms with E-state index in [1.54, 1.807) is 0 Å². The van der Waals surface area contributed by atoms with Crippen molar-refractivity contribution in [2.24, 2.45) is 0 Å². The molecule has 0 fully saturated rings. The van der Waals surface area contributed by atoms with Gasteiger partial charge in [-0.15, -0.1) is 0 Å². The zero-order valence-corrected chi connectivity index (χ0v) is 17.8. The minimum absolute atomic E-state index is 0.898. The van der Waals surface area contributed by atoms with Gasteiger partial charge in [-0.25, -0.2) is 0 Å². The Morgan fingerprint density at radius 1 is 1.07 bits per heavy atom. The molecule has 0 aliphatic heterocycles. The summed E-state index contributed by atoms with van der Waals surface area (Å²) < 4.78 is 0. The molecule has 0 unspecified atom stereocenters. The van der Waals surface area contributed by atoms with Crippen LogP contribution in [-0.4, -0.2) is 6.54 Å². The zero-order valence-electron chi connectivity index (χ0n) is 17.8. The number of allylic oxidation sites excluding steroid dienone is 4. The van der Waals surface area contributed by atoms with Crippen LogP contribution in [0.25, 0.3) is 6.08 Å². The van der Waals surface area contributed by atoms with Crippen molar-refractivity contribution in [1.82, 2.24) is 0 Å². The van der Waals surface area contributed by atoms with Gasteiger partial charge >= 0.3 is 0 Å². The van der Waals surface area contributed by atoms with Crippen molar-refractivity contribution in [3.63, 3.8) is 0 Å². The highest BCUT2D eigenvalue weighted by molar-refractivity contribution is 5.68. The van der Waals surface area contributed by atoms with E-state index in [4.69, 9.17) is 0 Å². The molecule has 0 aromatic heterocycles. The van der Waals surface area contributed by atoms with Gasteiger partial charge in [-0.3, -0.25) is 0 Å². The summed E-state index contributed by atoms with van der Waals surface area (Å²) >= 11 is 0. The molecule has 1 aliphatic carbocycles. The van der Waals surface area contributed by atoms with Crippen molar-refractivity contribution in [3.05, 3.63) is 94.2 Å². The molecule has 2 aromatic rings. The molecule has 0 bridgehead atoms. The molecule has 28 heavy (non-hydrogen) atoms. The third-order valence-corrected chi connectivity index (χ3v) is 5.44. The van der Waals surface area contributed by atoms with Gasteiger partial charge in [0.2, 0.25) is 0 Å². The summed E-state index contributed by atoms with van der Waals surface area (Å²) in [5.41, 5.74) is 9.55. The Kier molecular flexibility index (Phi) is 6.92. The molecule has 0 saturated heterocycles. The first-order valence-corrected chi connectivity index (χ1v) is 10.5. The van der Waals surface area contributed by atoms with Crippen LogP contribution in [0.3, 0.4) is 0 Å². The van der Waals surface area contributed by atoms with Crippen molar-refractivity contribution in [1.29, 1.82) is 0 Å². The number of rotatable bonds is 7. The summed E-state index contributed by atoms with van der Waals surface area (Å²) in [6.07, 6.45) is 13.8. The molecule has 0 saturated carbocycles. The summed E-state index contributed by atoms with van der Waals surface area (Å²) in [6.45, 7) is 9.71. The van der Waals surface area contributed by atoms with Crippen molar-refractivity contribution in [2.75, 3.05) is 11.4 Å². The van der Waals surface area contributed by atoms with E-state index in [0.717, 1.165) is 25.8 Å². The van der Waals surface area contributed by atoms with Crippen molar-refractivity contribution < 1.29 is 0 Å². The standard InChI is InChI=1S/C27H33N/c1-5-6-10-21(2)11-9-18-28(27-17-14-22(3)19-23(27)4)26-16-15-24-12-7-8-13-25(24)20-26/h7-14,17,19-20H,5-6,15-16,18H2,1-4H3. The number of fused-ring (bicyclic) bond motifs is 1. The lowest BCUT2D eigenvalue weighted by Crippen LogP contribution is -2.25. The average molecular weight is 372 g/mol. The summed E-state index contributed by atoms with van der Waals surface area (Å²) in [4.78, 5) is 2.49. The minimum atomic E-state index is 0.898. The van der Waals surface area contributed by atoms with E-state index in [9.17, 15) is 0 Å².